The van der Waals surface area contributed by atoms with Gasteiger partial charge in [-0.15, -0.1) is 31.4 Å². The number of halogens is 6. The maximum absolute atomic E-state index is 12.1. The Morgan fingerprint density at radius 1 is 0.767 bits per heavy atom. The summed E-state index contributed by atoms with van der Waals surface area (Å²) in [5.74, 6) is -0.964. The number of hydrogen-bond donors (Lipinski definition) is 2. The summed E-state index contributed by atoms with van der Waals surface area (Å²) in [4.78, 5) is 0. The van der Waals surface area contributed by atoms with E-state index in [1.54, 1.807) is 0 Å². The van der Waals surface area contributed by atoms with Crippen molar-refractivity contribution in [2.24, 2.45) is 21.0 Å². The van der Waals surface area contributed by atoms with Crippen LogP contribution in [-0.2, 0) is 0 Å². The van der Waals surface area contributed by atoms with Gasteiger partial charge in [0, 0.05) is 0 Å². The van der Waals surface area contributed by atoms with Crippen LogP contribution < -0.4 is 20.6 Å². The first-order valence-electron chi connectivity index (χ1n) is 7.87. The van der Waals surface area contributed by atoms with Gasteiger partial charge in [-0.3, -0.25) is 0 Å². The van der Waals surface area contributed by atoms with Crippen LogP contribution in [0.15, 0.2) is 63.8 Å². The molecule has 30 heavy (non-hydrogen) atoms. The number of nitrogens with two attached hydrogens (primary N) is 1. The van der Waals surface area contributed by atoms with E-state index in [2.05, 4.69) is 30.2 Å². The van der Waals surface area contributed by atoms with E-state index in [1.807, 2.05) is 0 Å². The molecule has 0 aromatic heterocycles. The van der Waals surface area contributed by atoms with E-state index in [9.17, 15) is 26.3 Å². The van der Waals surface area contributed by atoms with Crippen LogP contribution in [0.3, 0.4) is 0 Å². The number of hydrogen-bond acceptors (Lipinski definition) is 5. The van der Waals surface area contributed by atoms with Gasteiger partial charge in [-0.1, -0.05) is 0 Å². The molecular weight excluding hydrogens is 420 g/mol. The molecule has 0 saturated heterocycles. The van der Waals surface area contributed by atoms with Gasteiger partial charge in [-0.05, 0) is 59.7 Å². The molecule has 0 spiro atoms. The quantitative estimate of drug-likeness (QED) is 0.314. The first kappa shape index (κ1) is 22.5. The molecule has 0 heterocycles. The van der Waals surface area contributed by atoms with E-state index in [4.69, 9.17) is 5.73 Å². The van der Waals surface area contributed by atoms with Crippen molar-refractivity contribution < 1.29 is 35.8 Å². The Balaban J connectivity index is 1.85. The van der Waals surface area contributed by atoms with E-state index < -0.39 is 12.7 Å². The minimum Gasteiger partial charge on any atom is -0.406 e. The summed E-state index contributed by atoms with van der Waals surface area (Å²) in [5, 5.41) is 10.9. The van der Waals surface area contributed by atoms with Gasteiger partial charge in [0.2, 0.25) is 5.96 Å². The first-order chi connectivity index (χ1) is 14.0. The standard InChI is InChI=1S/C17H13F6N5O2/c18-16(19,20)29-13-5-1-11(2-6-13)9-25-27-15(24)28-26-10-12-3-7-14(8-4-12)30-17(21,22)23/h1-10H,(H3,24,27,28). The molecule has 0 fully saturated rings. The number of guanidine groups is 1. The van der Waals surface area contributed by atoms with Crippen LogP contribution >= 0.6 is 0 Å². The molecule has 0 aliphatic carbocycles. The van der Waals surface area contributed by atoms with Gasteiger partial charge in [0.05, 0.1) is 12.4 Å². The van der Waals surface area contributed by atoms with Crippen LogP contribution in [0.25, 0.3) is 0 Å². The molecule has 0 bridgehead atoms. The SMILES string of the molecule is N/C(=N\N=Cc1ccc(OC(F)(F)F)cc1)NN=Cc1ccc(OC(F)(F)F)cc1. The second-order valence-electron chi connectivity index (χ2n) is 5.33. The lowest BCUT2D eigenvalue weighted by Crippen LogP contribution is -2.26. The summed E-state index contributed by atoms with van der Waals surface area (Å²) in [6.45, 7) is 0. The molecule has 7 nitrogen and oxygen atoms in total. The van der Waals surface area contributed by atoms with Gasteiger partial charge in [-0.2, -0.15) is 10.2 Å². The lowest BCUT2D eigenvalue weighted by atomic mass is 10.2. The monoisotopic (exact) mass is 433 g/mol. The third-order valence-corrected chi connectivity index (χ3v) is 2.99. The molecule has 13 heteroatoms. The van der Waals surface area contributed by atoms with Crippen molar-refractivity contribution in [2.75, 3.05) is 0 Å². The maximum Gasteiger partial charge on any atom is 0.573 e. The minimum atomic E-state index is -4.78. The van der Waals surface area contributed by atoms with Crippen molar-refractivity contribution in [1.29, 1.82) is 0 Å². The van der Waals surface area contributed by atoms with E-state index in [0.29, 0.717) is 11.1 Å². The highest BCUT2D eigenvalue weighted by atomic mass is 19.4. The molecule has 3 N–H and O–H groups in total. The molecule has 0 saturated carbocycles. The van der Waals surface area contributed by atoms with E-state index in [0.717, 1.165) is 24.3 Å². The average molecular weight is 433 g/mol. The molecule has 0 radical (unpaired) electrons. The van der Waals surface area contributed by atoms with Crippen LogP contribution in [0.2, 0.25) is 0 Å². The molecule has 0 unspecified atom stereocenters. The van der Waals surface area contributed by atoms with Crippen molar-refractivity contribution >= 4 is 18.4 Å². The summed E-state index contributed by atoms with van der Waals surface area (Å²) in [5.41, 5.74) is 8.73. The summed E-state index contributed by atoms with van der Waals surface area (Å²) in [6.07, 6.45) is -7.06. The average Bonchev–Trinajstić information content (AvgIpc) is 2.62. The maximum atomic E-state index is 12.1. The Labute approximate surface area is 165 Å². The third kappa shape index (κ3) is 8.95. The topological polar surface area (TPSA) is 93.6 Å². The van der Waals surface area contributed by atoms with Crippen LogP contribution in [0.4, 0.5) is 26.3 Å². The molecule has 0 amide bonds. The Morgan fingerprint density at radius 3 is 1.63 bits per heavy atom. The fourth-order valence-electron chi connectivity index (χ4n) is 1.86. The molecule has 160 valence electrons. The predicted molar refractivity (Wildman–Crippen MR) is 96.2 cm³/mol. The number of nitrogens with one attached hydrogen (secondary N) is 1. The number of nitrogens with zero attached hydrogens (tertiary/aromatic N) is 3. The van der Waals surface area contributed by atoms with E-state index in [-0.39, 0.29) is 17.5 Å². The van der Waals surface area contributed by atoms with Gasteiger partial charge in [0.15, 0.2) is 0 Å². The molecule has 2 rings (SSSR count). The molecule has 2 aromatic carbocycles. The van der Waals surface area contributed by atoms with Crippen LogP contribution in [-0.4, -0.2) is 31.1 Å². The van der Waals surface area contributed by atoms with Gasteiger partial charge in [0.1, 0.15) is 11.5 Å². The largest absolute Gasteiger partial charge is 0.573 e. The number of rotatable bonds is 6. The highest BCUT2D eigenvalue weighted by molar-refractivity contribution is 5.84. The summed E-state index contributed by atoms with van der Waals surface area (Å²) < 4.78 is 79.9. The van der Waals surface area contributed by atoms with E-state index >= 15 is 0 Å². The molecule has 2 aromatic rings. The summed E-state index contributed by atoms with van der Waals surface area (Å²) >= 11 is 0. The fraction of sp³-hybridized carbons (Fsp3) is 0.118. The molecule has 0 atom stereocenters. The zero-order valence-electron chi connectivity index (χ0n) is 14.8. The normalized spacial score (nSPS) is 13.1. The number of ether oxygens (including phenoxy) is 2. The van der Waals surface area contributed by atoms with Crippen molar-refractivity contribution in [1.82, 2.24) is 5.43 Å². The second-order valence-corrected chi connectivity index (χ2v) is 5.33. The van der Waals surface area contributed by atoms with Crippen LogP contribution in [0, 0.1) is 0 Å². The van der Waals surface area contributed by atoms with E-state index in [1.165, 1.54) is 36.7 Å². The van der Waals surface area contributed by atoms with Crippen LogP contribution in [0.1, 0.15) is 11.1 Å². The number of alkyl halides is 6. The zero-order valence-corrected chi connectivity index (χ0v) is 14.8. The molecule has 0 aliphatic rings. The van der Waals surface area contributed by atoms with Crippen molar-refractivity contribution in [3.8, 4) is 11.5 Å². The first-order valence-corrected chi connectivity index (χ1v) is 7.87. The highest BCUT2D eigenvalue weighted by Crippen LogP contribution is 2.23. The smallest absolute Gasteiger partial charge is 0.406 e. The molecule has 0 aliphatic heterocycles. The lowest BCUT2D eigenvalue weighted by Gasteiger charge is -2.08. The second kappa shape index (κ2) is 9.62. The summed E-state index contributed by atoms with van der Waals surface area (Å²) in [6, 6.07) is 9.77. The Morgan fingerprint density at radius 2 is 1.20 bits per heavy atom. The zero-order chi connectivity index (χ0) is 22.2. The predicted octanol–water partition coefficient (Wildman–Crippen LogP) is 3.76. The van der Waals surface area contributed by atoms with Gasteiger partial charge in [0.25, 0.3) is 0 Å². The Kier molecular flexibility index (Phi) is 7.22. The summed E-state index contributed by atoms with van der Waals surface area (Å²) in [7, 11) is 0. The Hall–Kier alpha value is -3.77. The van der Waals surface area contributed by atoms with Crippen molar-refractivity contribution in [3.05, 3.63) is 59.7 Å². The third-order valence-electron chi connectivity index (χ3n) is 2.99. The van der Waals surface area contributed by atoms with Crippen molar-refractivity contribution in [2.45, 2.75) is 12.7 Å². The van der Waals surface area contributed by atoms with Gasteiger partial charge in [-0.25, -0.2) is 5.43 Å². The highest BCUT2D eigenvalue weighted by Gasteiger charge is 2.31. The minimum absolute atomic E-state index is 0.212. The number of benzene rings is 2. The lowest BCUT2D eigenvalue weighted by molar-refractivity contribution is -0.275. The van der Waals surface area contributed by atoms with Gasteiger partial charge >= 0.3 is 12.7 Å². The number of hydrazone groups is 1. The van der Waals surface area contributed by atoms with Crippen LogP contribution in [0.5, 0.6) is 11.5 Å². The molecular formula is C17H13F6N5O2. The fourth-order valence-corrected chi connectivity index (χ4v) is 1.86. The van der Waals surface area contributed by atoms with Crippen molar-refractivity contribution in [3.63, 3.8) is 0 Å². The Bertz CT molecular complexity index is 906. The van der Waals surface area contributed by atoms with Gasteiger partial charge < -0.3 is 15.2 Å².